The molecule has 1 aromatic carbocycles. The molecular weight excluding hydrogens is 288 g/mol. The Balaban J connectivity index is 1.68. The fraction of sp³-hybridized carbons (Fsp3) is 0.333. The Kier molecular flexibility index (Phi) is 4.19. The molecule has 3 rings (SSSR count). The average molecular weight is 310 g/mol. The smallest absolute Gasteiger partial charge is 0.269 e. The number of fused-ring (bicyclic) bond motifs is 1. The summed E-state index contributed by atoms with van der Waals surface area (Å²) in [7, 11) is 1.81. The van der Waals surface area contributed by atoms with Crippen molar-refractivity contribution in [3.63, 3.8) is 0 Å². The Hall–Kier alpha value is -2.56. The lowest BCUT2D eigenvalue weighted by atomic mass is 10.1. The zero-order chi connectivity index (χ0) is 16.4. The molecule has 1 amide bonds. The fourth-order valence-corrected chi connectivity index (χ4v) is 2.74. The lowest BCUT2D eigenvalue weighted by Crippen LogP contribution is -2.25. The number of aryl methyl sites for hydroxylation is 1. The van der Waals surface area contributed by atoms with E-state index in [9.17, 15) is 4.79 Å². The van der Waals surface area contributed by atoms with Crippen molar-refractivity contribution in [2.75, 3.05) is 0 Å². The molecule has 0 spiro atoms. The van der Waals surface area contributed by atoms with Crippen molar-refractivity contribution in [1.82, 2.24) is 20.1 Å². The topological polar surface area (TPSA) is 62.7 Å². The van der Waals surface area contributed by atoms with Crippen molar-refractivity contribution in [3.05, 3.63) is 53.5 Å². The lowest BCUT2D eigenvalue weighted by Gasteiger charge is -2.05. The van der Waals surface area contributed by atoms with E-state index in [4.69, 9.17) is 0 Å². The van der Waals surface area contributed by atoms with Gasteiger partial charge in [-0.3, -0.25) is 9.48 Å². The number of hydrogen-bond donors (Lipinski definition) is 2. The van der Waals surface area contributed by atoms with E-state index in [0.717, 1.165) is 23.2 Å². The van der Waals surface area contributed by atoms with Gasteiger partial charge in [0.15, 0.2) is 0 Å². The quantitative estimate of drug-likeness (QED) is 0.761. The van der Waals surface area contributed by atoms with Crippen LogP contribution in [0.2, 0.25) is 0 Å². The number of carbonyl (C=O) groups excluding carboxylic acids is 1. The summed E-state index contributed by atoms with van der Waals surface area (Å²) in [6.45, 7) is 4.79. The molecule has 5 nitrogen and oxygen atoms in total. The van der Waals surface area contributed by atoms with Crippen LogP contribution in [0.25, 0.3) is 10.9 Å². The molecule has 0 fully saturated rings. The van der Waals surface area contributed by atoms with Crippen molar-refractivity contribution in [1.29, 1.82) is 0 Å². The number of carbonyl (C=O) groups is 1. The lowest BCUT2D eigenvalue weighted by molar-refractivity contribution is 0.0941. The molecule has 2 aromatic heterocycles. The maximum absolute atomic E-state index is 12.4. The normalized spacial score (nSPS) is 11.3. The predicted octanol–water partition coefficient (Wildman–Crippen LogP) is 3.03. The Labute approximate surface area is 135 Å². The minimum absolute atomic E-state index is 0.0958. The highest BCUT2D eigenvalue weighted by Crippen LogP contribution is 2.14. The van der Waals surface area contributed by atoms with Crippen molar-refractivity contribution < 1.29 is 4.79 Å². The van der Waals surface area contributed by atoms with Crippen molar-refractivity contribution in [3.8, 4) is 0 Å². The van der Waals surface area contributed by atoms with E-state index in [1.807, 2.05) is 31.4 Å². The molecule has 2 heterocycles. The number of rotatable bonds is 5. The Morgan fingerprint density at radius 3 is 2.91 bits per heavy atom. The van der Waals surface area contributed by atoms with Gasteiger partial charge in [0, 0.05) is 25.3 Å². The van der Waals surface area contributed by atoms with Gasteiger partial charge in [0.25, 0.3) is 5.91 Å². The van der Waals surface area contributed by atoms with E-state index in [0.29, 0.717) is 18.2 Å². The molecule has 0 saturated carbocycles. The van der Waals surface area contributed by atoms with Crippen molar-refractivity contribution >= 4 is 16.8 Å². The second-order valence-corrected chi connectivity index (χ2v) is 6.32. The molecule has 0 radical (unpaired) electrons. The molecule has 120 valence electrons. The first-order chi connectivity index (χ1) is 11.0. The first-order valence-corrected chi connectivity index (χ1v) is 7.90. The van der Waals surface area contributed by atoms with Crippen LogP contribution in [0.15, 0.2) is 36.5 Å². The van der Waals surface area contributed by atoms with Crippen LogP contribution in [0.5, 0.6) is 0 Å². The van der Waals surface area contributed by atoms with Crippen LogP contribution in [-0.4, -0.2) is 20.7 Å². The molecule has 0 aliphatic carbocycles. The fourth-order valence-electron chi connectivity index (χ4n) is 2.74. The molecule has 0 aliphatic heterocycles. The Bertz CT molecular complexity index is 829. The predicted molar refractivity (Wildman–Crippen MR) is 91.2 cm³/mol. The monoisotopic (exact) mass is 310 g/mol. The third-order valence-electron chi connectivity index (χ3n) is 3.85. The van der Waals surface area contributed by atoms with Crippen LogP contribution in [-0.2, 0) is 20.0 Å². The second-order valence-electron chi connectivity index (χ2n) is 6.32. The summed E-state index contributed by atoms with van der Waals surface area (Å²) < 4.78 is 1.65. The number of aromatic amines is 1. The molecule has 0 unspecified atom stereocenters. The zero-order valence-corrected chi connectivity index (χ0v) is 13.8. The molecular formula is C18H22N4O. The highest BCUT2D eigenvalue weighted by atomic mass is 16.2. The Morgan fingerprint density at radius 1 is 1.30 bits per heavy atom. The second kappa shape index (κ2) is 6.28. The minimum atomic E-state index is -0.0958. The van der Waals surface area contributed by atoms with Crippen molar-refractivity contribution in [2.45, 2.75) is 26.8 Å². The van der Waals surface area contributed by atoms with Gasteiger partial charge in [0.1, 0.15) is 5.69 Å². The Morgan fingerprint density at radius 2 is 2.13 bits per heavy atom. The molecule has 23 heavy (non-hydrogen) atoms. The summed E-state index contributed by atoms with van der Waals surface area (Å²) in [4.78, 5) is 15.6. The largest absolute Gasteiger partial charge is 0.361 e. The number of nitrogens with zero attached hydrogens (tertiary/aromatic N) is 2. The van der Waals surface area contributed by atoms with E-state index in [2.05, 4.69) is 41.4 Å². The van der Waals surface area contributed by atoms with Crippen molar-refractivity contribution in [2.24, 2.45) is 13.0 Å². The highest BCUT2D eigenvalue weighted by Gasteiger charge is 2.13. The van der Waals surface area contributed by atoms with E-state index in [-0.39, 0.29) is 5.91 Å². The third-order valence-corrected chi connectivity index (χ3v) is 3.85. The van der Waals surface area contributed by atoms with Gasteiger partial charge in [-0.25, -0.2) is 0 Å². The number of benzene rings is 1. The average Bonchev–Trinajstić information content (AvgIpc) is 3.10. The standard InChI is InChI=1S/C18H22N4O/c1-12(2)8-15-10-17(22(3)21-15)18(23)20-11-13-4-5-14-6-7-19-16(14)9-13/h4-7,9-10,12,19H,8,11H2,1-3H3,(H,20,23). The molecule has 0 bridgehead atoms. The van der Waals surface area contributed by atoms with Gasteiger partial charge in [0.05, 0.1) is 5.69 Å². The SMILES string of the molecule is CC(C)Cc1cc(C(=O)NCc2ccc3cc[nH]c3c2)n(C)n1. The third kappa shape index (κ3) is 3.44. The number of aromatic nitrogens is 3. The van der Waals surface area contributed by atoms with Gasteiger partial charge in [-0.1, -0.05) is 26.0 Å². The van der Waals surface area contributed by atoms with Crippen LogP contribution < -0.4 is 5.32 Å². The van der Waals surface area contributed by atoms with Crippen LogP contribution in [0.1, 0.15) is 35.6 Å². The van der Waals surface area contributed by atoms with Crippen LogP contribution in [0, 0.1) is 5.92 Å². The summed E-state index contributed by atoms with van der Waals surface area (Å²) in [5, 5.41) is 8.55. The molecule has 2 N–H and O–H groups in total. The van der Waals surface area contributed by atoms with Crippen LogP contribution in [0.4, 0.5) is 0 Å². The van der Waals surface area contributed by atoms with E-state index in [1.54, 1.807) is 4.68 Å². The van der Waals surface area contributed by atoms with Gasteiger partial charge in [-0.15, -0.1) is 0 Å². The van der Waals surface area contributed by atoms with Gasteiger partial charge in [-0.05, 0) is 41.5 Å². The van der Waals surface area contributed by atoms with E-state index in [1.165, 1.54) is 5.39 Å². The van der Waals surface area contributed by atoms with Crippen LogP contribution in [0.3, 0.4) is 0 Å². The number of H-pyrrole nitrogens is 1. The summed E-state index contributed by atoms with van der Waals surface area (Å²) in [6, 6.07) is 10.1. The zero-order valence-electron chi connectivity index (χ0n) is 13.8. The number of nitrogens with one attached hydrogen (secondary N) is 2. The molecule has 5 heteroatoms. The first-order valence-electron chi connectivity index (χ1n) is 7.90. The molecule has 0 atom stereocenters. The van der Waals surface area contributed by atoms with Gasteiger partial charge in [-0.2, -0.15) is 5.10 Å². The summed E-state index contributed by atoms with van der Waals surface area (Å²) in [5.74, 6) is 0.426. The summed E-state index contributed by atoms with van der Waals surface area (Å²) in [6.07, 6.45) is 2.80. The first kappa shape index (κ1) is 15.3. The van der Waals surface area contributed by atoms with Gasteiger partial charge >= 0.3 is 0 Å². The number of hydrogen-bond acceptors (Lipinski definition) is 2. The number of amides is 1. The minimum Gasteiger partial charge on any atom is -0.361 e. The van der Waals surface area contributed by atoms with Gasteiger partial charge in [0.2, 0.25) is 0 Å². The molecule has 3 aromatic rings. The van der Waals surface area contributed by atoms with E-state index < -0.39 is 0 Å². The van der Waals surface area contributed by atoms with Crippen LogP contribution >= 0.6 is 0 Å². The summed E-state index contributed by atoms with van der Waals surface area (Å²) in [5.41, 5.74) is 3.71. The molecule has 0 aliphatic rings. The highest BCUT2D eigenvalue weighted by molar-refractivity contribution is 5.92. The van der Waals surface area contributed by atoms with E-state index >= 15 is 0 Å². The maximum Gasteiger partial charge on any atom is 0.269 e. The molecule has 0 saturated heterocycles. The van der Waals surface area contributed by atoms with Gasteiger partial charge < -0.3 is 10.3 Å². The summed E-state index contributed by atoms with van der Waals surface area (Å²) >= 11 is 0. The maximum atomic E-state index is 12.4.